The van der Waals surface area contributed by atoms with Crippen LogP contribution in [0.1, 0.15) is 40.0 Å². The van der Waals surface area contributed by atoms with Crippen molar-refractivity contribution in [2.75, 3.05) is 19.6 Å². The van der Waals surface area contributed by atoms with Gasteiger partial charge in [-0.2, -0.15) is 0 Å². The molecule has 0 radical (unpaired) electrons. The van der Waals surface area contributed by atoms with Crippen molar-refractivity contribution in [3.05, 3.63) is 0 Å². The topological polar surface area (TPSA) is 20.3 Å². The molecule has 2 heteroatoms. The lowest BCUT2D eigenvalue weighted by Gasteiger charge is -2.14. The molecule has 1 saturated heterocycles. The van der Waals surface area contributed by atoms with Crippen LogP contribution in [0.2, 0.25) is 0 Å². The van der Waals surface area contributed by atoms with Gasteiger partial charge >= 0.3 is 0 Å². The molecule has 1 aliphatic rings. The third kappa shape index (κ3) is 3.41. The smallest absolute Gasteiger partial charge is 0.132 e. The molecule has 0 amide bonds. The first-order valence-electron chi connectivity index (χ1n) is 5.87. The number of carbonyl (C=O) groups is 1. The number of Topliss-reactive ketones (excluding diaryl/α,β-unsaturated/α-hetero) is 1. The molecule has 82 valence electrons. The largest absolute Gasteiger partial charge is 0.303 e. The number of ketones is 1. The van der Waals surface area contributed by atoms with E-state index < -0.39 is 0 Å². The minimum Gasteiger partial charge on any atom is -0.303 e. The first kappa shape index (κ1) is 11.7. The highest BCUT2D eigenvalue weighted by Crippen LogP contribution is 2.22. The average molecular weight is 197 g/mol. The summed E-state index contributed by atoms with van der Waals surface area (Å²) in [5.41, 5.74) is 0. The quantitative estimate of drug-likeness (QED) is 0.674. The summed E-state index contributed by atoms with van der Waals surface area (Å²) < 4.78 is 0. The number of likely N-dealkylation sites (tertiary alicyclic amines) is 1. The standard InChI is InChI=1S/C12H23NO/c1-4-12(14)6-5-7-13-8-10(2)11(3)9-13/h10-11H,4-9H2,1-3H3. The Bertz CT molecular complexity index is 181. The van der Waals surface area contributed by atoms with Crippen molar-refractivity contribution in [3.8, 4) is 0 Å². The van der Waals surface area contributed by atoms with Crippen LogP contribution in [0.25, 0.3) is 0 Å². The normalized spacial score (nSPS) is 28.2. The molecule has 1 heterocycles. The first-order valence-corrected chi connectivity index (χ1v) is 5.87. The van der Waals surface area contributed by atoms with Crippen LogP contribution in [0.3, 0.4) is 0 Å². The van der Waals surface area contributed by atoms with E-state index in [1.54, 1.807) is 0 Å². The van der Waals surface area contributed by atoms with Crippen molar-refractivity contribution >= 4 is 5.78 Å². The summed E-state index contributed by atoms with van der Waals surface area (Å²) in [6, 6.07) is 0. The summed E-state index contributed by atoms with van der Waals surface area (Å²) in [7, 11) is 0. The van der Waals surface area contributed by atoms with Crippen LogP contribution in [0, 0.1) is 11.8 Å². The van der Waals surface area contributed by atoms with Gasteiger partial charge in [-0.1, -0.05) is 20.8 Å². The third-order valence-electron chi connectivity index (χ3n) is 3.39. The number of hydrogen-bond acceptors (Lipinski definition) is 2. The van der Waals surface area contributed by atoms with Crippen LogP contribution < -0.4 is 0 Å². The maximum Gasteiger partial charge on any atom is 0.132 e. The molecule has 0 bridgehead atoms. The van der Waals surface area contributed by atoms with E-state index in [1.807, 2.05) is 6.92 Å². The number of rotatable bonds is 5. The van der Waals surface area contributed by atoms with Gasteiger partial charge in [0.05, 0.1) is 0 Å². The van der Waals surface area contributed by atoms with Crippen molar-refractivity contribution < 1.29 is 4.79 Å². The van der Waals surface area contributed by atoms with Crippen molar-refractivity contribution in [1.29, 1.82) is 0 Å². The number of carbonyl (C=O) groups excluding carboxylic acids is 1. The molecular weight excluding hydrogens is 174 g/mol. The fraction of sp³-hybridized carbons (Fsp3) is 0.917. The van der Waals surface area contributed by atoms with E-state index in [4.69, 9.17) is 0 Å². The maximum absolute atomic E-state index is 11.1. The van der Waals surface area contributed by atoms with Gasteiger partial charge in [-0.15, -0.1) is 0 Å². The molecule has 14 heavy (non-hydrogen) atoms. The molecule has 2 unspecified atom stereocenters. The van der Waals surface area contributed by atoms with Gasteiger partial charge in [0.15, 0.2) is 0 Å². The summed E-state index contributed by atoms with van der Waals surface area (Å²) >= 11 is 0. The summed E-state index contributed by atoms with van der Waals surface area (Å²) in [6.07, 6.45) is 2.52. The van der Waals surface area contributed by atoms with Crippen molar-refractivity contribution in [2.45, 2.75) is 40.0 Å². The van der Waals surface area contributed by atoms with Crippen molar-refractivity contribution in [3.63, 3.8) is 0 Å². The fourth-order valence-electron chi connectivity index (χ4n) is 2.11. The van der Waals surface area contributed by atoms with Gasteiger partial charge in [0.25, 0.3) is 0 Å². The molecule has 0 aliphatic carbocycles. The third-order valence-corrected chi connectivity index (χ3v) is 3.39. The Morgan fingerprint density at radius 2 is 1.86 bits per heavy atom. The second-order valence-electron chi connectivity index (χ2n) is 4.71. The predicted molar refractivity (Wildman–Crippen MR) is 59.3 cm³/mol. The van der Waals surface area contributed by atoms with Crippen LogP contribution in [-0.2, 0) is 4.79 Å². The minimum atomic E-state index is 0.408. The molecule has 0 aromatic rings. The summed E-state index contributed by atoms with van der Waals surface area (Å²) in [5, 5.41) is 0. The van der Waals surface area contributed by atoms with Crippen molar-refractivity contribution in [2.24, 2.45) is 11.8 Å². The van der Waals surface area contributed by atoms with Crippen LogP contribution in [0.5, 0.6) is 0 Å². The van der Waals surface area contributed by atoms with Gasteiger partial charge < -0.3 is 4.90 Å². The predicted octanol–water partition coefficient (Wildman–Crippen LogP) is 2.33. The molecular formula is C12H23NO. The molecule has 1 aliphatic heterocycles. The molecule has 2 atom stereocenters. The van der Waals surface area contributed by atoms with Crippen LogP contribution in [-0.4, -0.2) is 30.3 Å². The van der Waals surface area contributed by atoms with E-state index in [1.165, 1.54) is 13.1 Å². The van der Waals surface area contributed by atoms with Gasteiger partial charge in [-0.25, -0.2) is 0 Å². The van der Waals surface area contributed by atoms with Crippen LogP contribution in [0.15, 0.2) is 0 Å². The van der Waals surface area contributed by atoms with Gasteiger partial charge in [0.2, 0.25) is 0 Å². The Labute approximate surface area is 87.7 Å². The Kier molecular flexibility index (Phi) is 4.59. The zero-order valence-corrected chi connectivity index (χ0v) is 9.75. The van der Waals surface area contributed by atoms with E-state index in [0.29, 0.717) is 12.2 Å². The number of hydrogen-bond donors (Lipinski definition) is 0. The van der Waals surface area contributed by atoms with E-state index in [0.717, 1.165) is 31.2 Å². The Morgan fingerprint density at radius 1 is 1.29 bits per heavy atom. The van der Waals surface area contributed by atoms with Gasteiger partial charge in [-0.3, -0.25) is 4.79 Å². The molecule has 0 N–H and O–H groups in total. The maximum atomic E-state index is 11.1. The second kappa shape index (κ2) is 5.50. The molecule has 0 aromatic carbocycles. The molecule has 0 saturated carbocycles. The second-order valence-corrected chi connectivity index (χ2v) is 4.71. The highest BCUT2D eigenvalue weighted by Gasteiger charge is 2.25. The monoisotopic (exact) mass is 197 g/mol. The lowest BCUT2D eigenvalue weighted by molar-refractivity contribution is -0.118. The SMILES string of the molecule is CCC(=O)CCCN1CC(C)C(C)C1. The summed E-state index contributed by atoms with van der Waals surface area (Å²) in [5.74, 6) is 2.07. The minimum absolute atomic E-state index is 0.408. The highest BCUT2D eigenvalue weighted by atomic mass is 16.1. The first-order chi connectivity index (χ1) is 6.63. The summed E-state index contributed by atoms with van der Waals surface area (Å²) in [4.78, 5) is 13.6. The Balaban J connectivity index is 2.11. The highest BCUT2D eigenvalue weighted by molar-refractivity contribution is 5.77. The fourth-order valence-corrected chi connectivity index (χ4v) is 2.11. The Morgan fingerprint density at radius 3 is 2.36 bits per heavy atom. The molecule has 1 rings (SSSR count). The molecule has 2 nitrogen and oxygen atoms in total. The lowest BCUT2D eigenvalue weighted by atomic mass is 10.0. The van der Waals surface area contributed by atoms with E-state index >= 15 is 0 Å². The van der Waals surface area contributed by atoms with Gasteiger partial charge in [0.1, 0.15) is 5.78 Å². The summed E-state index contributed by atoms with van der Waals surface area (Å²) in [6.45, 7) is 10.1. The Hall–Kier alpha value is -0.370. The number of nitrogens with zero attached hydrogens (tertiary/aromatic N) is 1. The van der Waals surface area contributed by atoms with Crippen molar-refractivity contribution in [1.82, 2.24) is 4.90 Å². The van der Waals surface area contributed by atoms with E-state index in [9.17, 15) is 4.79 Å². The van der Waals surface area contributed by atoms with E-state index in [2.05, 4.69) is 18.7 Å². The van der Waals surface area contributed by atoms with Crippen LogP contribution >= 0.6 is 0 Å². The molecule has 0 aromatic heterocycles. The zero-order chi connectivity index (χ0) is 10.6. The molecule has 0 spiro atoms. The van der Waals surface area contributed by atoms with E-state index in [-0.39, 0.29) is 0 Å². The zero-order valence-electron chi connectivity index (χ0n) is 9.75. The average Bonchev–Trinajstić information content (AvgIpc) is 2.46. The lowest BCUT2D eigenvalue weighted by Crippen LogP contribution is -2.22. The molecule has 1 fully saturated rings. The van der Waals surface area contributed by atoms with Gasteiger partial charge in [-0.05, 0) is 24.8 Å². The van der Waals surface area contributed by atoms with Gasteiger partial charge in [0, 0.05) is 25.9 Å². The van der Waals surface area contributed by atoms with Crippen LogP contribution in [0.4, 0.5) is 0 Å².